The van der Waals surface area contributed by atoms with E-state index in [0.717, 1.165) is 0 Å². The SMILES string of the molecule is Nc1ccc(C(=O)NCCCS(=O)(=O)CCCl)cc1. The summed E-state index contributed by atoms with van der Waals surface area (Å²) in [4.78, 5) is 11.7. The van der Waals surface area contributed by atoms with Gasteiger partial charge in [-0.1, -0.05) is 0 Å². The lowest BCUT2D eigenvalue weighted by Gasteiger charge is -2.06. The third-order valence-electron chi connectivity index (χ3n) is 2.48. The maximum absolute atomic E-state index is 11.7. The fourth-order valence-corrected chi connectivity index (χ4v) is 3.18. The van der Waals surface area contributed by atoms with Crippen LogP contribution in [-0.2, 0) is 9.84 Å². The van der Waals surface area contributed by atoms with Crippen LogP contribution in [0.4, 0.5) is 5.69 Å². The lowest BCUT2D eigenvalue weighted by molar-refractivity contribution is 0.0953. The number of hydrogen-bond acceptors (Lipinski definition) is 4. The molecular formula is C12H17ClN2O3S. The number of nitrogens with two attached hydrogens (primary N) is 1. The molecule has 106 valence electrons. The summed E-state index contributed by atoms with van der Waals surface area (Å²) in [7, 11) is -3.10. The molecule has 0 unspecified atom stereocenters. The lowest BCUT2D eigenvalue weighted by atomic mass is 10.2. The molecule has 7 heteroatoms. The van der Waals surface area contributed by atoms with Gasteiger partial charge in [0.05, 0.1) is 11.5 Å². The first-order valence-corrected chi connectivity index (χ1v) is 8.20. The average Bonchev–Trinajstić information content (AvgIpc) is 2.35. The zero-order valence-electron chi connectivity index (χ0n) is 10.4. The van der Waals surface area contributed by atoms with Gasteiger partial charge in [0.1, 0.15) is 0 Å². The van der Waals surface area contributed by atoms with Crippen molar-refractivity contribution >= 4 is 33.0 Å². The van der Waals surface area contributed by atoms with Crippen molar-refractivity contribution in [2.45, 2.75) is 6.42 Å². The van der Waals surface area contributed by atoms with Crippen molar-refractivity contribution in [2.75, 3.05) is 29.7 Å². The Labute approximate surface area is 118 Å². The van der Waals surface area contributed by atoms with Crippen LogP contribution in [0.25, 0.3) is 0 Å². The topological polar surface area (TPSA) is 89.3 Å². The van der Waals surface area contributed by atoms with Gasteiger partial charge in [-0.25, -0.2) is 8.42 Å². The third-order valence-corrected chi connectivity index (χ3v) is 4.63. The predicted octanol–water partition coefficient (Wildman–Crippen LogP) is 1.04. The molecule has 19 heavy (non-hydrogen) atoms. The molecule has 0 bridgehead atoms. The Balaban J connectivity index is 2.34. The molecule has 0 heterocycles. The normalized spacial score (nSPS) is 11.2. The summed E-state index contributed by atoms with van der Waals surface area (Å²) in [5, 5.41) is 2.66. The van der Waals surface area contributed by atoms with Gasteiger partial charge in [-0.2, -0.15) is 0 Å². The van der Waals surface area contributed by atoms with Crippen LogP contribution in [0.1, 0.15) is 16.8 Å². The molecule has 0 aliphatic carbocycles. The molecule has 0 radical (unpaired) electrons. The molecule has 0 aromatic heterocycles. The van der Waals surface area contributed by atoms with E-state index in [-0.39, 0.29) is 23.3 Å². The summed E-state index contributed by atoms with van der Waals surface area (Å²) >= 11 is 5.38. The molecule has 1 amide bonds. The van der Waals surface area contributed by atoms with Gasteiger partial charge >= 0.3 is 0 Å². The van der Waals surface area contributed by atoms with Crippen molar-refractivity contribution in [3.05, 3.63) is 29.8 Å². The summed E-state index contributed by atoms with van der Waals surface area (Å²) in [6, 6.07) is 6.52. The molecule has 0 saturated heterocycles. The minimum absolute atomic E-state index is 0.0273. The summed E-state index contributed by atoms with van der Waals surface area (Å²) < 4.78 is 22.7. The van der Waals surface area contributed by atoms with Crippen molar-refractivity contribution in [3.8, 4) is 0 Å². The van der Waals surface area contributed by atoms with Crippen molar-refractivity contribution in [1.29, 1.82) is 0 Å². The molecule has 0 saturated carbocycles. The number of hydrogen-bond donors (Lipinski definition) is 2. The molecule has 0 aliphatic heterocycles. The summed E-state index contributed by atoms with van der Waals surface area (Å²) in [5.74, 6) is -0.141. The molecule has 5 nitrogen and oxygen atoms in total. The van der Waals surface area contributed by atoms with Gasteiger partial charge in [0, 0.05) is 23.7 Å². The number of anilines is 1. The van der Waals surface area contributed by atoms with E-state index in [1.54, 1.807) is 24.3 Å². The van der Waals surface area contributed by atoms with Gasteiger partial charge in [-0.3, -0.25) is 4.79 Å². The minimum atomic E-state index is -3.10. The van der Waals surface area contributed by atoms with Crippen LogP contribution in [0.5, 0.6) is 0 Å². The number of nitrogen functional groups attached to an aromatic ring is 1. The summed E-state index contributed by atoms with van der Waals surface area (Å²) in [6.45, 7) is 0.310. The standard InChI is InChI=1S/C12H17ClN2O3S/c13-6-9-19(17,18)8-1-7-15-12(16)10-2-4-11(14)5-3-10/h2-5H,1,6-9,14H2,(H,15,16). The quantitative estimate of drug-likeness (QED) is 0.447. The number of carbonyl (C=O) groups is 1. The van der Waals surface area contributed by atoms with Crippen LogP contribution in [0, 0.1) is 0 Å². The molecule has 0 fully saturated rings. The second-order valence-corrected chi connectivity index (χ2v) is 6.75. The molecule has 0 aliphatic rings. The van der Waals surface area contributed by atoms with E-state index in [1.807, 2.05) is 0 Å². The first-order valence-electron chi connectivity index (χ1n) is 5.85. The highest BCUT2D eigenvalue weighted by Gasteiger charge is 2.10. The summed E-state index contributed by atoms with van der Waals surface area (Å²) in [5.41, 5.74) is 6.60. The number of carbonyl (C=O) groups excluding carboxylic acids is 1. The first-order chi connectivity index (χ1) is 8.94. The maximum atomic E-state index is 11.7. The fraction of sp³-hybridized carbons (Fsp3) is 0.417. The molecular weight excluding hydrogens is 288 g/mol. The van der Waals surface area contributed by atoms with E-state index in [9.17, 15) is 13.2 Å². The number of sulfone groups is 1. The fourth-order valence-electron chi connectivity index (χ4n) is 1.45. The van der Waals surface area contributed by atoms with Crippen molar-refractivity contribution in [3.63, 3.8) is 0 Å². The number of halogens is 1. The maximum Gasteiger partial charge on any atom is 0.251 e. The molecule has 1 aromatic rings. The highest BCUT2D eigenvalue weighted by molar-refractivity contribution is 7.91. The van der Waals surface area contributed by atoms with Gasteiger partial charge < -0.3 is 11.1 Å². The van der Waals surface area contributed by atoms with E-state index in [2.05, 4.69) is 5.32 Å². The van der Waals surface area contributed by atoms with Crippen LogP contribution in [0.3, 0.4) is 0 Å². The number of benzene rings is 1. The van der Waals surface area contributed by atoms with Gasteiger partial charge in [-0.15, -0.1) is 11.6 Å². The monoisotopic (exact) mass is 304 g/mol. The van der Waals surface area contributed by atoms with Crippen molar-refractivity contribution in [2.24, 2.45) is 0 Å². The zero-order chi connectivity index (χ0) is 14.3. The van der Waals surface area contributed by atoms with E-state index in [0.29, 0.717) is 24.2 Å². The van der Waals surface area contributed by atoms with E-state index < -0.39 is 9.84 Å². The first kappa shape index (κ1) is 15.8. The van der Waals surface area contributed by atoms with Crippen LogP contribution >= 0.6 is 11.6 Å². The largest absolute Gasteiger partial charge is 0.399 e. The predicted molar refractivity (Wildman–Crippen MR) is 77.2 cm³/mol. The Hall–Kier alpha value is -1.27. The number of amides is 1. The Morgan fingerprint density at radius 3 is 2.42 bits per heavy atom. The third kappa shape index (κ3) is 5.94. The lowest BCUT2D eigenvalue weighted by Crippen LogP contribution is -2.26. The Kier molecular flexibility index (Phi) is 6.11. The van der Waals surface area contributed by atoms with Crippen LogP contribution in [0.2, 0.25) is 0 Å². The van der Waals surface area contributed by atoms with Crippen LogP contribution in [-0.4, -0.2) is 38.3 Å². The van der Waals surface area contributed by atoms with E-state index in [4.69, 9.17) is 17.3 Å². The highest BCUT2D eigenvalue weighted by Crippen LogP contribution is 2.05. The molecule has 1 rings (SSSR count). The van der Waals surface area contributed by atoms with Gasteiger partial charge in [0.25, 0.3) is 5.91 Å². The Morgan fingerprint density at radius 2 is 1.84 bits per heavy atom. The van der Waals surface area contributed by atoms with Crippen molar-refractivity contribution in [1.82, 2.24) is 5.32 Å². The minimum Gasteiger partial charge on any atom is -0.399 e. The van der Waals surface area contributed by atoms with Gasteiger partial charge in [0.2, 0.25) is 0 Å². The molecule has 0 atom stereocenters. The Bertz CT molecular complexity index is 514. The van der Waals surface area contributed by atoms with E-state index >= 15 is 0 Å². The average molecular weight is 305 g/mol. The number of alkyl halides is 1. The van der Waals surface area contributed by atoms with E-state index in [1.165, 1.54) is 0 Å². The van der Waals surface area contributed by atoms with Gasteiger partial charge in [0.15, 0.2) is 9.84 Å². The van der Waals surface area contributed by atoms with Crippen molar-refractivity contribution < 1.29 is 13.2 Å². The molecule has 3 N–H and O–H groups in total. The van der Waals surface area contributed by atoms with Crippen LogP contribution in [0.15, 0.2) is 24.3 Å². The highest BCUT2D eigenvalue weighted by atomic mass is 35.5. The second kappa shape index (κ2) is 7.35. The molecule has 1 aromatic carbocycles. The summed E-state index contributed by atoms with van der Waals surface area (Å²) in [6.07, 6.45) is 0.375. The Morgan fingerprint density at radius 1 is 1.21 bits per heavy atom. The second-order valence-electron chi connectivity index (χ2n) is 4.07. The zero-order valence-corrected chi connectivity index (χ0v) is 12.0. The van der Waals surface area contributed by atoms with Crippen LogP contribution < -0.4 is 11.1 Å². The smallest absolute Gasteiger partial charge is 0.251 e. The molecule has 0 spiro atoms. The number of rotatable bonds is 7. The number of nitrogens with one attached hydrogen (secondary N) is 1. The van der Waals surface area contributed by atoms with Gasteiger partial charge in [-0.05, 0) is 30.7 Å².